The van der Waals surface area contributed by atoms with E-state index in [9.17, 15) is 35.1 Å². The van der Waals surface area contributed by atoms with Gasteiger partial charge in [-0.25, -0.2) is 0 Å². The Balaban J connectivity index is 6.52. The van der Waals surface area contributed by atoms with Crippen LogP contribution in [0.4, 0.5) is 35.1 Å². The average molecular weight is 499 g/mol. The van der Waals surface area contributed by atoms with Crippen LogP contribution in [0.1, 0.15) is 13.8 Å². The first kappa shape index (κ1) is 29.6. The molecule has 182 valence electrons. The monoisotopic (exact) mass is 498 g/mol. The minimum Gasteiger partial charge on any atom is -0.377 e. The fourth-order valence-electron chi connectivity index (χ4n) is 2.97. The standard InChI is InChI=1S/C14H26F8O6Si2/c1-9(29(23-3,24-4)25-5)11(15,16)13(19,20)14(21,22)12(17,18)10(2)30(26-6,27-7)28-8/h9-10H,1-8H3. The van der Waals surface area contributed by atoms with Crippen LogP contribution in [0, 0.1) is 0 Å². The Hall–Kier alpha value is -0.366. The van der Waals surface area contributed by atoms with Gasteiger partial charge in [-0.2, -0.15) is 35.1 Å². The molecule has 0 aliphatic carbocycles. The molecule has 0 radical (unpaired) electrons. The minimum atomic E-state index is -6.57. The van der Waals surface area contributed by atoms with Crippen LogP contribution in [-0.4, -0.2) is 84.0 Å². The highest BCUT2D eigenvalue weighted by molar-refractivity contribution is 6.63. The zero-order chi connectivity index (χ0) is 24.4. The highest BCUT2D eigenvalue weighted by atomic mass is 28.4. The van der Waals surface area contributed by atoms with Crippen molar-refractivity contribution in [3.8, 4) is 0 Å². The van der Waals surface area contributed by atoms with Crippen LogP contribution >= 0.6 is 0 Å². The maximum Gasteiger partial charge on any atom is 0.509 e. The Morgan fingerprint density at radius 3 is 0.767 bits per heavy atom. The first-order valence-electron chi connectivity index (χ1n) is 8.25. The summed E-state index contributed by atoms with van der Waals surface area (Å²) in [7, 11) is -4.69. The molecule has 0 fully saturated rings. The molecular weight excluding hydrogens is 472 g/mol. The van der Waals surface area contributed by atoms with E-state index in [-0.39, 0.29) is 0 Å². The van der Waals surface area contributed by atoms with Crippen molar-refractivity contribution in [1.82, 2.24) is 0 Å². The molecule has 0 saturated carbocycles. The third-order valence-corrected chi connectivity index (χ3v) is 11.3. The first-order chi connectivity index (χ1) is 13.4. The van der Waals surface area contributed by atoms with E-state index in [0.29, 0.717) is 13.8 Å². The number of hydrogen-bond donors (Lipinski definition) is 0. The first-order valence-corrected chi connectivity index (χ1v) is 11.8. The van der Waals surface area contributed by atoms with Gasteiger partial charge in [0.05, 0.1) is 11.1 Å². The van der Waals surface area contributed by atoms with E-state index in [1.54, 1.807) is 0 Å². The van der Waals surface area contributed by atoms with Gasteiger partial charge in [0, 0.05) is 42.7 Å². The summed E-state index contributed by atoms with van der Waals surface area (Å²) in [6.45, 7) is 0.763. The highest BCUT2D eigenvalue weighted by Gasteiger charge is 2.85. The fourth-order valence-corrected chi connectivity index (χ4v) is 7.34. The number of halogens is 8. The molecule has 30 heavy (non-hydrogen) atoms. The van der Waals surface area contributed by atoms with Gasteiger partial charge in [0.2, 0.25) is 0 Å². The maximum atomic E-state index is 14.6. The number of hydrogen-bond acceptors (Lipinski definition) is 6. The third-order valence-electron chi connectivity index (χ3n) is 5.09. The maximum absolute atomic E-state index is 14.6. The second-order valence-corrected chi connectivity index (χ2v) is 12.9. The molecule has 0 aromatic rings. The summed E-state index contributed by atoms with van der Waals surface area (Å²) in [5.41, 5.74) is -5.66. The lowest BCUT2D eigenvalue weighted by Crippen LogP contribution is -2.69. The SMILES string of the molecule is CO[Si](OC)(OC)C(C)C(F)(F)C(F)(F)C(F)(F)C(F)(F)C(C)[Si](OC)(OC)OC. The van der Waals surface area contributed by atoms with Gasteiger partial charge in [-0.3, -0.25) is 0 Å². The summed E-state index contributed by atoms with van der Waals surface area (Å²) >= 11 is 0. The van der Waals surface area contributed by atoms with Crippen LogP contribution < -0.4 is 0 Å². The Morgan fingerprint density at radius 2 is 0.633 bits per heavy atom. The molecule has 0 aliphatic heterocycles. The molecule has 0 bridgehead atoms. The summed E-state index contributed by atoms with van der Waals surface area (Å²) in [6.07, 6.45) is 0. The molecule has 0 rings (SSSR count). The lowest BCUT2D eigenvalue weighted by atomic mass is 9.95. The van der Waals surface area contributed by atoms with E-state index in [4.69, 9.17) is 0 Å². The smallest absolute Gasteiger partial charge is 0.377 e. The summed E-state index contributed by atoms with van der Waals surface area (Å²) in [5.74, 6) is -24.6. The van der Waals surface area contributed by atoms with Gasteiger partial charge in [0.15, 0.2) is 0 Å². The Labute approximate surface area is 171 Å². The summed E-state index contributed by atoms with van der Waals surface area (Å²) in [5, 5.41) is 0. The predicted molar refractivity (Wildman–Crippen MR) is 92.2 cm³/mol. The summed E-state index contributed by atoms with van der Waals surface area (Å²) in [6, 6.07) is 0. The molecule has 0 aliphatic rings. The summed E-state index contributed by atoms with van der Waals surface area (Å²) in [4.78, 5) is 0. The van der Waals surface area contributed by atoms with E-state index in [0.717, 1.165) is 42.7 Å². The number of alkyl halides is 8. The van der Waals surface area contributed by atoms with Gasteiger partial charge in [0.1, 0.15) is 0 Å². The number of rotatable bonds is 13. The van der Waals surface area contributed by atoms with Crippen LogP contribution in [0.15, 0.2) is 0 Å². The largest absolute Gasteiger partial charge is 0.509 e. The molecule has 0 N–H and O–H groups in total. The van der Waals surface area contributed by atoms with E-state index in [1.165, 1.54) is 0 Å². The summed E-state index contributed by atoms with van der Waals surface area (Å²) < 4.78 is 144. The van der Waals surface area contributed by atoms with E-state index < -0.39 is 52.4 Å². The van der Waals surface area contributed by atoms with Gasteiger partial charge in [-0.1, -0.05) is 13.8 Å². The van der Waals surface area contributed by atoms with Crippen molar-refractivity contribution in [2.45, 2.75) is 48.6 Å². The van der Waals surface area contributed by atoms with Crippen LogP contribution in [0.2, 0.25) is 11.1 Å². The van der Waals surface area contributed by atoms with Crippen molar-refractivity contribution < 1.29 is 61.7 Å². The topological polar surface area (TPSA) is 55.4 Å². The van der Waals surface area contributed by atoms with Crippen LogP contribution in [0.5, 0.6) is 0 Å². The van der Waals surface area contributed by atoms with Gasteiger partial charge in [-0.05, 0) is 0 Å². The fraction of sp³-hybridized carbons (Fsp3) is 1.00. The molecule has 16 heteroatoms. The van der Waals surface area contributed by atoms with Crippen molar-refractivity contribution in [3.05, 3.63) is 0 Å². The lowest BCUT2D eigenvalue weighted by Gasteiger charge is -2.44. The normalized spacial score (nSPS) is 17.2. The van der Waals surface area contributed by atoms with Gasteiger partial charge >= 0.3 is 41.3 Å². The second kappa shape index (κ2) is 9.64. The third kappa shape index (κ3) is 4.16. The van der Waals surface area contributed by atoms with Gasteiger partial charge in [-0.15, -0.1) is 0 Å². The highest BCUT2D eigenvalue weighted by Crippen LogP contribution is 2.61. The second-order valence-electron chi connectivity index (χ2n) is 6.27. The van der Waals surface area contributed by atoms with Crippen LogP contribution in [0.25, 0.3) is 0 Å². The van der Waals surface area contributed by atoms with Crippen molar-refractivity contribution in [2.24, 2.45) is 0 Å². The average Bonchev–Trinajstić information content (AvgIpc) is 2.70. The van der Waals surface area contributed by atoms with Gasteiger partial charge < -0.3 is 26.6 Å². The molecule has 0 aromatic heterocycles. The lowest BCUT2D eigenvalue weighted by molar-refractivity contribution is -0.369. The Kier molecular flexibility index (Phi) is 9.52. The predicted octanol–water partition coefficient (Wildman–Crippen LogP) is 4.06. The van der Waals surface area contributed by atoms with E-state index >= 15 is 0 Å². The van der Waals surface area contributed by atoms with E-state index in [1.807, 2.05) is 0 Å². The molecule has 0 heterocycles. The minimum absolute atomic E-state index is 0.382. The molecule has 0 amide bonds. The van der Waals surface area contributed by atoms with Crippen molar-refractivity contribution >= 4 is 17.6 Å². The molecular formula is C14H26F8O6Si2. The Morgan fingerprint density at radius 1 is 0.467 bits per heavy atom. The van der Waals surface area contributed by atoms with Crippen molar-refractivity contribution in [3.63, 3.8) is 0 Å². The van der Waals surface area contributed by atoms with Gasteiger partial charge in [0.25, 0.3) is 0 Å². The van der Waals surface area contributed by atoms with Crippen LogP contribution in [0.3, 0.4) is 0 Å². The molecule has 0 aromatic carbocycles. The molecule has 2 unspecified atom stereocenters. The Bertz CT molecular complexity index is 496. The van der Waals surface area contributed by atoms with Crippen LogP contribution in [-0.2, 0) is 26.6 Å². The van der Waals surface area contributed by atoms with Crippen molar-refractivity contribution in [2.75, 3.05) is 42.7 Å². The molecule has 0 spiro atoms. The quantitative estimate of drug-likeness (QED) is 0.282. The van der Waals surface area contributed by atoms with Crippen molar-refractivity contribution in [1.29, 1.82) is 0 Å². The molecule has 2 atom stereocenters. The molecule has 0 saturated heterocycles. The van der Waals surface area contributed by atoms with E-state index in [2.05, 4.69) is 26.6 Å². The zero-order valence-electron chi connectivity index (χ0n) is 17.6. The zero-order valence-corrected chi connectivity index (χ0v) is 19.6. The molecule has 6 nitrogen and oxygen atoms in total.